The van der Waals surface area contributed by atoms with E-state index in [0.29, 0.717) is 34.1 Å². The Morgan fingerprint density at radius 2 is 1.76 bits per heavy atom. The van der Waals surface area contributed by atoms with Crippen molar-refractivity contribution in [2.75, 3.05) is 24.4 Å². The van der Waals surface area contributed by atoms with E-state index < -0.39 is 10.0 Å². The van der Waals surface area contributed by atoms with Gasteiger partial charge in [0.05, 0.1) is 11.9 Å². The van der Waals surface area contributed by atoms with Crippen molar-refractivity contribution >= 4 is 21.5 Å². The Balaban J connectivity index is 1.61. The number of ketones is 1. The van der Waals surface area contributed by atoms with E-state index >= 15 is 0 Å². The Bertz CT molecular complexity index is 1350. The molecule has 0 saturated carbocycles. The molecule has 0 fully saturated rings. The van der Waals surface area contributed by atoms with Crippen molar-refractivity contribution in [1.82, 2.24) is 0 Å². The SMILES string of the molecule is Cc1ccc(C)c(COc2cc(CC(=O)c3ccc4c(c3)OCO4)ccc2N(C)S(C)(=O)=O)c1. The first-order valence-electron chi connectivity index (χ1n) is 10.8. The lowest BCUT2D eigenvalue weighted by Gasteiger charge is -2.21. The fourth-order valence-electron chi connectivity index (χ4n) is 3.69. The van der Waals surface area contributed by atoms with Crippen LogP contribution in [-0.2, 0) is 23.1 Å². The highest BCUT2D eigenvalue weighted by Gasteiger charge is 2.20. The van der Waals surface area contributed by atoms with E-state index in [1.54, 1.807) is 36.4 Å². The Kier molecular flexibility index (Phi) is 6.52. The topological polar surface area (TPSA) is 82.1 Å². The Morgan fingerprint density at radius 1 is 1.00 bits per heavy atom. The molecule has 0 unspecified atom stereocenters. The van der Waals surface area contributed by atoms with Gasteiger partial charge in [-0.1, -0.05) is 29.8 Å². The summed E-state index contributed by atoms with van der Waals surface area (Å²) in [5, 5.41) is 0. The predicted molar refractivity (Wildman–Crippen MR) is 131 cm³/mol. The quantitative estimate of drug-likeness (QED) is 0.443. The highest BCUT2D eigenvalue weighted by molar-refractivity contribution is 7.92. The van der Waals surface area contributed by atoms with Gasteiger partial charge >= 0.3 is 0 Å². The Morgan fingerprint density at radius 3 is 2.53 bits per heavy atom. The summed E-state index contributed by atoms with van der Waals surface area (Å²) >= 11 is 0. The number of aryl methyl sites for hydroxylation is 2. The number of benzene rings is 3. The molecule has 178 valence electrons. The normalized spacial score (nSPS) is 12.5. The van der Waals surface area contributed by atoms with Gasteiger partial charge in [0.15, 0.2) is 17.3 Å². The van der Waals surface area contributed by atoms with Crippen molar-refractivity contribution in [2.24, 2.45) is 0 Å². The zero-order chi connectivity index (χ0) is 24.5. The van der Waals surface area contributed by atoms with Crippen LogP contribution in [0.2, 0.25) is 0 Å². The number of rotatable bonds is 8. The summed E-state index contributed by atoms with van der Waals surface area (Å²) in [4.78, 5) is 12.9. The van der Waals surface area contributed by atoms with Gasteiger partial charge in [0.2, 0.25) is 16.8 Å². The molecule has 0 saturated heterocycles. The van der Waals surface area contributed by atoms with E-state index in [1.807, 2.05) is 32.0 Å². The van der Waals surface area contributed by atoms with Crippen LogP contribution in [0, 0.1) is 13.8 Å². The second kappa shape index (κ2) is 9.38. The molecule has 1 heterocycles. The van der Waals surface area contributed by atoms with Crippen molar-refractivity contribution < 1.29 is 27.4 Å². The van der Waals surface area contributed by atoms with Crippen LogP contribution in [0.1, 0.15) is 32.6 Å². The summed E-state index contributed by atoms with van der Waals surface area (Å²) in [5.74, 6) is 1.47. The standard InChI is InChI=1S/C26H27NO6S/c1-17-5-6-18(2)21(11-17)15-31-25-13-19(7-9-22(25)27(3)34(4,29)30)12-23(28)20-8-10-24-26(14-20)33-16-32-24/h5-11,13-14H,12,15-16H2,1-4H3. The van der Waals surface area contributed by atoms with Gasteiger partial charge < -0.3 is 14.2 Å². The fraction of sp³-hybridized carbons (Fsp3) is 0.269. The first-order valence-corrected chi connectivity index (χ1v) is 12.7. The second-order valence-corrected chi connectivity index (χ2v) is 10.4. The number of Topliss-reactive ketones (excluding diaryl/α,β-unsaturated/α-hetero) is 1. The van der Waals surface area contributed by atoms with Crippen LogP contribution < -0.4 is 18.5 Å². The Hall–Kier alpha value is -3.52. The summed E-state index contributed by atoms with van der Waals surface area (Å²) < 4.78 is 42.3. The predicted octanol–water partition coefficient (Wildman–Crippen LogP) is 4.43. The molecule has 4 rings (SSSR count). The maximum absolute atomic E-state index is 12.9. The van der Waals surface area contributed by atoms with E-state index in [4.69, 9.17) is 14.2 Å². The molecular formula is C26H27NO6S. The minimum absolute atomic E-state index is 0.0944. The molecule has 3 aromatic carbocycles. The monoisotopic (exact) mass is 481 g/mol. The van der Waals surface area contributed by atoms with Crippen molar-refractivity contribution in [2.45, 2.75) is 26.9 Å². The lowest BCUT2D eigenvalue weighted by molar-refractivity contribution is 0.0992. The fourth-order valence-corrected chi connectivity index (χ4v) is 4.20. The molecular weight excluding hydrogens is 454 g/mol. The largest absolute Gasteiger partial charge is 0.487 e. The maximum Gasteiger partial charge on any atom is 0.232 e. The number of hydrogen-bond acceptors (Lipinski definition) is 6. The number of carbonyl (C=O) groups excluding carboxylic acids is 1. The zero-order valence-corrected chi connectivity index (χ0v) is 20.4. The third-order valence-electron chi connectivity index (χ3n) is 5.81. The maximum atomic E-state index is 12.9. The van der Waals surface area contributed by atoms with Crippen LogP contribution in [0.25, 0.3) is 0 Å². The molecule has 0 N–H and O–H groups in total. The molecule has 3 aromatic rings. The number of ether oxygens (including phenoxy) is 3. The lowest BCUT2D eigenvalue weighted by Crippen LogP contribution is -2.25. The molecule has 0 atom stereocenters. The van der Waals surface area contributed by atoms with Gasteiger partial charge in [-0.15, -0.1) is 0 Å². The number of nitrogens with zero attached hydrogens (tertiary/aromatic N) is 1. The smallest absolute Gasteiger partial charge is 0.232 e. The average Bonchev–Trinajstić information content (AvgIpc) is 3.26. The zero-order valence-electron chi connectivity index (χ0n) is 19.6. The highest BCUT2D eigenvalue weighted by atomic mass is 32.2. The third kappa shape index (κ3) is 5.17. The van der Waals surface area contributed by atoms with E-state index in [0.717, 1.165) is 22.9 Å². The van der Waals surface area contributed by atoms with E-state index in [-0.39, 0.29) is 25.6 Å². The Labute approximate surface area is 199 Å². The highest BCUT2D eigenvalue weighted by Crippen LogP contribution is 2.34. The van der Waals surface area contributed by atoms with Crippen molar-refractivity contribution in [3.63, 3.8) is 0 Å². The first kappa shape index (κ1) is 23.6. The van der Waals surface area contributed by atoms with Crippen molar-refractivity contribution in [1.29, 1.82) is 0 Å². The van der Waals surface area contributed by atoms with Gasteiger partial charge in [-0.05, 0) is 60.9 Å². The summed E-state index contributed by atoms with van der Waals surface area (Å²) in [5.41, 5.74) is 4.84. The van der Waals surface area contributed by atoms with E-state index in [9.17, 15) is 13.2 Å². The van der Waals surface area contributed by atoms with Gasteiger partial charge in [0, 0.05) is 19.0 Å². The number of carbonyl (C=O) groups is 1. The number of anilines is 1. The number of hydrogen-bond donors (Lipinski definition) is 0. The first-order chi connectivity index (χ1) is 16.1. The molecule has 0 bridgehead atoms. The van der Waals surface area contributed by atoms with E-state index in [2.05, 4.69) is 0 Å². The number of fused-ring (bicyclic) bond motifs is 1. The van der Waals surface area contributed by atoms with Gasteiger partial charge in [-0.25, -0.2) is 8.42 Å². The van der Waals surface area contributed by atoms with Gasteiger partial charge in [0.25, 0.3) is 0 Å². The number of sulfonamides is 1. The lowest BCUT2D eigenvalue weighted by atomic mass is 10.0. The van der Waals surface area contributed by atoms with E-state index in [1.165, 1.54) is 11.4 Å². The molecule has 0 amide bonds. The van der Waals surface area contributed by atoms with Gasteiger partial charge in [-0.2, -0.15) is 0 Å². The minimum atomic E-state index is -3.50. The summed E-state index contributed by atoms with van der Waals surface area (Å²) in [7, 11) is -2.02. The van der Waals surface area contributed by atoms with Crippen molar-refractivity contribution in [3.05, 3.63) is 82.4 Å². The molecule has 0 radical (unpaired) electrons. The summed E-state index contributed by atoms with van der Waals surface area (Å²) in [6.45, 7) is 4.43. The van der Waals surface area contributed by atoms with Crippen LogP contribution in [0.5, 0.6) is 17.2 Å². The molecule has 1 aliphatic rings. The van der Waals surface area contributed by atoms with Gasteiger partial charge in [0.1, 0.15) is 12.4 Å². The van der Waals surface area contributed by atoms with Crippen molar-refractivity contribution in [3.8, 4) is 17.2 Å². The van der Waals surface area contributed by atoms with Gasteiger partial charge in [-0.3, -0.25) is 9.10 Å². The van der Waals surface area contributed by atoms with Crippen LogP contribution >= 0.6 is 0 Å². The summed E-state index contributed by atoms with van der Waals surface area (Å²) in [6.07, 6.45) is 1.26. The molecule has 0 aromatic heterocycles. The van der Waals surface area contributed by atoms with Crippen LogP contribution in [0.4, 0.5) is 5.69 Å². The molecule has 1 aliphatic heterocycles. The third-order valence-corrected chi connectivity index (χ3v) is 7.00. The minimum Gasteiger partial charge on any atom is -0.487 e. The van der Waals surface area contributed by atoms with Crippen LogP contribution in [0.3, 0.4) is 0 Å². The molecule has 34 heavy (non-hydrogen) atoms. The molecule has 8 heteroatoms. The molecule has 0 aliphatic carbocycles. The van der Waals surface area contributed by atoms with Crippen LogP contribution in [-0.4, -0.2) is 34.3 Å². The second-order valence-electron chi connectivity index (χ2n) is 8.42. The molecule has 7 nitrogen and oxygen atoms in total. The average molecular weight is 482 g/mol. The van der Waals surface area contributed by atoms with Crippen LogP contribution in [0.15, 0.2) is 54.6 Å². The molecule has 0 spiro atoms. The summed E-state index contributed by atoms with van der Waals surface area (Å²) in [6, 6.07) is 16.3.